The molecule has 0 bridgehead atoms. The minimum Gasteiger partial charge on any atom is -0.493 e. The van der Waals surface area contributed by atoms with Crippen LogP contribution in [0.3, 0.4) is 0 Å². The molecule has 2 amide bonds. The van der Waals surface area contributed by atoms with Crippen molar-refractivity contribution in [3.8, 4) is 23.3 Å². The van der Waals surface area contributed by atoms with Gasteiger partial charge in [0.1, 0.15) is 18.5 Å². The van der Waals surface area contributed by atoms with Crippen molar-refractivity contribution in [2.45, 2.75) is 6.61 Å². The predicted octanol–water partition coefficient (Wildman–Crippen LogP) is 1.76. The lowest BCUT2D eigenvalue weighted by atomic mass is 10.1. The molecule has 2 heterocycles. The maximum atomic E-state index is 12.8. The van der Waals surface area contributed by atoms with Crippen molar-refractivity contribution < 1.29 is 19.1 Å². The highest BCUT2D eigenvalue weighted by Gasteiger charge is 2.32. The zero-order valence-corrected chi connectivity index (χ0v) is 16.3. The van der Waals surface area contributed by atoms with Crippen molar-refractivity contribution in [2.24, 2.45) is 0 Å². The molecule has 0 aliphatic carbocycles. The van der Waals surface area contributed by atoms with Gasteiger partial charge in [-0.1, -0.05) is 30.3 Å². The third-order valence-electron chi connectivity index (χ3n) is 4.83. The van der Waals surface area contributed by atoms with Crippen LogP contribution in [0.1, 0.15) is 31.8 Å². The summed E-state index contributed by atoms with van der Waals surface area (Å²) in [6.45, 7) is 0.216. The molecule has 9 heteroatoms. The van der Waals surface area contributed by atoms with Gasteiger partial charge < -0.3 is 15.2 Å². The summed E-state index contributed by atoms with van der Waals surface area (Å²) in [7, 11) is 1.43. The second-order valence-electron chi connectivity index (χ2n) is 6.68. The van der Waals surface area contributed by atoms with Crippen LogP contribution < -0.4 is 26.1 Å². The van der Waals surface area contributed by atoms with Crippen molar-refractivity contribution in [3.05, 3.63) is 81.1 Å². The van der Waals surface area contributed by atoms with E-state index in [-0.39, 0.29) is 46.3 Å². The third kappa shape index (κ3) is 3.36. The predicted molar refractivity (Wildman–Crippen MR) is 110 cm³/mol. The Bertz CT molecular complexity index is 1320. The fourth-order valence-electron chi connectivity index (χ4n) is 3.36. The maximum Gasteiger partial charge on any atom is 0.262 e. The van der Waals surface area contributed by atoms with Crippen LogP contribution in [0, 0.1) is 11.3 Å². The topological polar surface area (TPSA) is 136 Å². The number of benzene rings is 2. The van der Waals surface area contributed by atoms with E-state index in [1.165, 1.54) is 19.2 Å². The zero-order chi connectivity index (χ0) is 22.1. The normalized spacial score (nSPS) is 12.1. The van der Waals surface area contributed by atoms with E-state index in [2.05, 4.69) is 5.32 Å². The number of nitrogen functional groups attached to an aromatic ring is 1. The van der Waals surface area contributed by atoms with E-state index in [1.807, 2.05) is 36.4 Å². The van der Waals surface area contributed by atoms with Crippen LogP contribution in [0.2, 0.25) is 0 Å². The first-order chi connectivity index (χ1) is 14.9. The average molecular weight is 416 g/mol. The maximum absolute atomic E-state index is 12.8. The number of nitrogens with one attached hydrogen (secondary N) is 1. The molecule has 0 spiro atoms. The van der Waals surface area contributed by atoms with Crippen molar-refractivity contribution in [1.82, 2.24) is 9.88 Å². The van der Waals surface area contributed by atoms with Gasteiger partial charge in [0, 0.05) is 18.2 Å². The van der Waals surface area contributed by atoms with Gasteiger partial charge in [0.2, 0.25) is 0 Å². The van der Waals surface area contributed by atoms with Gasteiger partial charge in [-0.05, 0) is 5.56 Å². The molecule has 0 fully saturated rings. The van der Waals surface area contributed by atoms with Crippen molar-refractivity contribution in [3.63, 3.8) is 0 Å². The second kappa shape index (κ2) is 7.68. The number of fused-ring (bicyclic) bond motifs is 1. The van der Waals surface area contributed by atoms with Crippen LogP contribution in [0.4, 0.5) is 5.82 Å². The number of hydrogen-bond acceptors (Lipinski definition) is 7. The van der Waals surface area contributed by atoms with Crippen molar-refractivity contribution in [1.29, 1.82) is 5.26 Å². The Kier molecular flexibility index (Phi) is 4.89. The quantitative estimate of drug-likeness (QED) is 0.605. The first kappa shape index (κ1) is 19.7. The van der Waals surface area contributed by atoms with Crippen molar-refractivity contribution >= 4 is 17.6 Å². The summed E-state index contributed by atoms with van der Waals surface area (Å²) in [6.07, 6.45) is 0. The molecule has 1 aliphatic heterocycles. The molecule has 3 aromatic rings. The Morgan fingerprint density at radius 1 is 1.06 bits per heavy atom. The number of anilines is 1. The van der Waals surface area contributed by atoms with Gasteiger partial charge >= 0.3 is 0 Å². The number of methoxy groups -OCH3 is 1. The first-order valence-electron chi connectivity index (χ1n) is 9.15. The lowest BCUT2D eigenvalue weighted by molar-refractivity contribution is 0.0880. The number of carbonyl (C=O) groups excluding carboxylic acids is 2. The molecule has 154 valence electrons. The number of nitrogens with two attached hydrogens (primary N) is 1. The van der Waals surface area contributed by atoms with Gasteiger partial charge in [0.25, 0.3) is 17.4 Å². The third-order valence-corrected chi connectivity index (χ3v) is 4.83. The number of pyridine rings is 1. The van der Waals surface area contributed by atoms with Crippen LogP contribution in [-0.2, 0) is 6.61 Å². The van der Waals surface area contributed by atoms with Gasteiger partial charge in [-0.25, -0.2) is 0 Å². The van der Waals surface area contributed by atoms with Crippen LogP contribution >= 0.6 is 0 Å². The van der Waals surface area contributed by atoms with Gasteiger partial charge in [0.15, 0.2) is 11.5 Å². The molecule has 3 N–H and O–H groups in total. The average Bonchev–Trinajstić information content (AvgIpc) is 3.06. The smallest absolute Gasteiger partial charge is 0.262 e. The number of nitrogens with zero attached hydrogens (tertiary/aromatic N) is 2. The van der Waals surface area contributed by atoms with E-state index < -0.39 is 17.4 Å². The minimum absolute atomic E-state index is 0.0717. The lowest BCUT2D eigenvalue weighted by Gasteiger charge is -2.17. The molecule has 9 nitrogen and oxygen atoms in total. The highest BCUT2D eigenvalue weighted by molar-refractivity contribution is 6.23. The number of aromatic nitrogens is 1. The standard InChI is InChI=1S/C22H16N4O5/c1-30-16-7-13(10-23)15(9-17(16)31-11-12-5-3-2-4-6-12)26-18(27)8-14-19(20(26)24)22(29)25-21(14)28/h2-9H,11,24H2,1H3,(H,25,28,29). The van der Waals surface area contributed by atoms with Crippen LogP contribution in [0.5, 0.6) is 11.5 Å². The van der Waals surface area contributed by atoms with Crippen molar-refractivity contribution in [2.75, 3.05) is 12.8 Å². The number of carbonyl (C=O) groups is 2. The summed E-state index contributed by atoms with van der Waals surface area (Å²) < 4.78 is 12.2. The van der Waals surface area contributed by atoms with Gasteiger partial charge in [0.05, 0.1) is 29.5 Å². The Labute approximate surface area is 176 Å². The zero-order valence-electron chi connectivity index (χ0n) is 16.3. The van der Waals surface area contributed by atoms with Gasteiger partial charge in [-0.3, -0.25) is 24.3 Å². The summed E-state index contributed by atoms with van der Waals surface area (Å²) in [5, 5.41) is 11.7. The summed E-state index contributed by atoms with van der Waals surface area (Å²) in [5.41, 5.74) is 6.29. The largest absolute Gasteiger partial charge is 0.493 e. The Balaban J connectivity index is 1.87. The molecule has 2 aromatic carbocycles. The Hall–Kier alpha value is -4.58. The van der Waals surface area contributed by atoms with Crippen LogP contribution in [0.15, 0.2) is 53.3 Å². The fraction of sp³-hybridized carbons (Fsp3) is 0.0909. The van der Waals surface area contributed by atoms with E-state index in [9.17, 15) is 19.6 Å². The lowest BCUT2D eigenvalue weighted by Crippen LogP contribution is -2.24. The summed E-state index contributed by atoms with van der Waals surface area (Å²) in [5.74, 6) is -1.09. The molecule has 1 aromatic heterocycles. The Morgan fingerprint density at radius 2 is 1.81 bits per heavy atom. The molecule has 1 aliphatic rings. The van der Waals surface area contributed by atoms with E-state index in [0.717, 1.165) is 16.2 Å². The summed E-state index contributed by atoms with van der Waals surface area (Å²) in [6, 6.07) is 15.3. The number of amides is 2. The fourth-order valence-corrected chi connectivity index (χ4v) is 3.36. The number of rotatable bonds is 5. The molecule has 0 atom stereocenters. The highest BCUT2D eigenvalue weighted by Crippen LogP contribution is 2.34. The van der Waals surface area contributed by atoms with Gasteiger partial charge in [-0.15, -0.1) is 0 Å². The monoisotopic (exact) mass is 416 g/mol. The summed E-state index contributed by atoms with van der Waals surface area (Å²) >= 11 is 0. The van der Waals surface area contributed by atoms with E-state index in [0.29, 0.717) is 0 Å². The number of hydrogen-bond donors (Lipinski definition) is 2. The molecular weight excluding hydrogens is 400 g/mol. The molecular formula is C22H16N4O5. The highest BCUT2D eigenvalue weighted by atomic mass is 16.5. The second-order valence-corrected chi connectivity index (χ2v) is 6.68. The number of ether oxygens (including phenoxy) is 2. The van der Waals surface area contributed by atoms with E-state index in [1.54, 1.807) is 0 Å². The number of nitriles is 1. The Morgan fingerprint density at radius 3 is 2.48 bits per heavy atom. The first-order valence-corrected chi connectivity index (χ1v) is 9.15. The van der Waals surface area contributed by atoms with E-state index in [4.69, 9.17) is 15.2 Å². The molecule has 0 radical (unpaired) electrons. The molecule has 0 unspecified atom stereocenters. The number of imide groups is 1. The molecule has 0 saturated carbocycles. The molecule has 0 saturated heterocycles. The summed E-state index contributed by atoms with van der Waals surface area (Å²) in [4.78, 5) is 36.8. The van der Waals surface area contributed by atoms with Gasteiger partial charge in [-0.2, -0.15) is 5.26 Å². The van der Waals surface area contributed by atoms with Crippen LogP contribution in [0.25, 0.3) is 5.69 Å². The molecule has 31 heavy (non-hydrogen) atoms. The molecule has 4 rings (SSSR count). The van der Waals surface area contributed by atoms with Crippen LogP contribution in [-0.4, -0.2) is 23.5 Å². The van der Waals surface area contributed by atoms with E-state index >= 15 is 0 Å². The SMILES string of the molecule is COc1cc(C#N)c(-n2c(N)c3c(cc2=O)C(=O)NC3=O)cc1OCc1ccccc1. The minimum atomic E-state index is -0.709.